The minimum atomic E-state index is 0.110. The number of hydrogen-bond acceptors (Lipinski definition) is 2. The molecule has 1 unspecified atom stereocenters. The van der Waals surface area contributed by atoms with E-state index in [-0.39, 0.29) is 5.91 Å². The molecule has 1 amide bonds. The van der Waals surface area contributed by atoms with Gasteiger partial charge in [-0.15, -0.1) is 0 Å². The van der Waals surface area contributed by atoms with Crippen LogP contribution in [0.5, 0.6) is 5.75 Å². The molecular formula is C13H17NO2. The third kappa shape index (κ3) is 2.03. The van der Waals surface area contributed by atoms with E-state index in [0.29, 0.717) is 12.3 Å². The lowest BCUT2D eigenvalue weighted by Crippen LogP contribution is -2.22. The first-order valence-electron chi connectivity index (χ1n) is 5.72. The average molecular weight is 219 g/mol. The van der Waals surface area contributed by atoms with Crippen LogP contribution >= 0.6 is 0 Å². The fourth-order valence-corrected chi connectivity index (χ4v) is 2.27. The van der Waals surface area contributed by atoms with Crippen molar-refractivity contribution in [3.05, 3.63) is 23.8 Å². The zero-order valence-corrected chi connectivity index (χ0v) is 9.75. The lowest BCUT2D eigenvalue weighted by Gasteiger charge is -2.25. The molecule has 1 aromatic carbocycles. The smallest absolute Gasteiger partial charge is 0.224 e. The van der Waals surface area contributed by atoms with E-state index < -0.39 is 0 Å². The van der Waals surface area contributed by atoms with Gasteiger partial charge in [0.1, 0.15) is 5.75 Å². The molecule has 0 bridgehead atoms. The van der Waals surface area contributed by atoms with Gasteiger partial charge in [0.2, 0.25) is 5.91 Å². The van der Waals surface area contributed by atoms with Crippen molar-refractivity contribution in [2.45, 2.75) is 32.1 Å². The fraction of sp³-hybridized carbons (Fsp3) is 0.462. The monoisotopic (exact) mass is 219 g/mol. The second-order valence-corrected chi connectivity index (χ2v) is 4.19. The van der Waals surface area contributed by atoms with Gasteiger partial charge < -0.3 is 10.1 Å². The number of fused-ring (bicyclic) bond motifs is 1. The first-order valence-corrected chi connectivity index (χ1v) is 5.72. The van der Waals surface area contributed by atoms with Crippen LogP contribution in [0.4, 0.5) is 5.69 Å². The summed E-state index contributed by atoms with van der Waals surface area (Å²) < 4.78 is 5.16. The highest BCUT2D eigenvalue weighted by molar-refractivity contribution is 5.95. The highest BCUT2D eigenvalue weighted by Gasteiger charge is 2.24. The summed E-state index contributed by atoms with van der Waals surface area (Å²) in [6.45, 7) is 2.15. The Morgan fingerprint density at radius 1 is 1.50 bits per heavy atom. The van der Waals surface area contributed by atoms with E-state index in [1.54, 1.807) is 7.11 Å². The van der Waals surface area contributed by atoms with Crippen LogP contribution < -0.4 is 10.1 Å². The number of carbonyl (C=O) groups is 1. The van der Waals surface area contributed by atoms with Gasteiger partial charge in [-0.25, -0.2) is 0 Å². The molecule has 86 valence electrons. The Morgan fingerprint density at radius 2 is 2.31 bits per heavy atom. The lowest BCUT2D eigenvalue weighted by atomic mass is 9.87. The molecule has 0 spiro atoms. The van der Waals surface area contributed by atoms with Gasteiger partial charge in [0.05, 0.1) is 7.11 Å². The number of carbonyl (C=O) groups excluding carboxylic acids is 1. The topological polar surface area (TPSA) is 38.3 Å². The molecule has 0 saturated carbocycles. The number of nitrogens with one attached hydrogen (secondary N) is 1. The van der Waals surface area contributed by atoms with Crippen molar-refractivity contribution < 1.29 is 9.53 Å². The summed E-state index contributed by atoms with van der Waals surface area (Å²) in [6, 6.07) is 5.92. The molecule has 1 aliphatic rings. The van der Waals surface area contributed by atoms with Crippen molar-refractivity contribution in [1.29, 1.82) is 0 Å². The predicted molar refractivity (Wildman–Crippen MR) is 63.9 cm³/mol. The van der Waals surface area contributed by atoms with Gasteiger partial charge in [0, 0.05) is 18.2 Å². The van der Waals surface area contributed by atoms with Gasteiger partial charge in [-0.05, 0) is 24.0 Å². The molecular weight excluding hydrogens is 202 g/mol. The van der Waals surface area contributed by atoms with Crippen LogP contribution in [0, 0.1) is 0 Å². The molecule has 1 atom stereocenters. The summed E-state index contributed by atoms with van der Waals surface area (Å²) in [5.74, 6) is 1.26. The van der Waals surface area contributed by atoms with Gasteiger partial charge in [-0.3, -0.25) is 4.79 Å². The van der Waals surface area contributed by atoms with E-state index in [2.05, 4.69) is 18.3 Å². The van der Waals surface area contributed by atoms with Crippen molar-refractivity contribution in [3.63, 3.8) is 0 Å². The number of benzene rings is 1. The predicted octanol–water partition coefficient (Wildman–Crippen LogP) is 2.92. The molecule has 0 fully saturated rings. The van der Waals surface area contributed by atoms with Crippen molar-refractivity contribution in [2.24, 2.45) is 0 Å². The number of amides is 1. The van der Waals surface area contributed by atoms with Crippen LogP contribution in [0.25, 0.3) is 0 Å². The van der Waals surface area contributed by atoms with E-state index in [0.717, 1.165) is 24.3 Å². The molecule has 0 saturated heterocycles. The summed E-state index contributed by atoms with van der Waals surface area (Å²) in [6.07, 6.45) is 2.77. The molecule has 1 aliphatic heterocycles. The molecule has 2 rings (SSSR count). The zero-order chi connectivity index (χ0) is 11.5. The quantitative estimate of drug-likeness (QED) is 0.848. The van der Waals surface area contributed by atoms with Crippen LogP contribution in [0.15, 0.2) is 18.2 Å². The van der Waals surface area contributed by atoms with Gasteiger partial charge in [-0.1, -0.05) is 19.4 Å². The molecule has 0 aliphatic carbocycles. The van der Waals surface area contributed by atoms with E-state index in [1.807, 2.05) is 12.1 Å². The van der Waals surface area contributed by atoms with Gasteiger partial charge in [0.25, 0.3) is 0 Å². The molecule has 16 heavy (non-hydrogen) atoms. The average Bonchev–Trinajstić information content (AvgIpc) is 2.28. The molecule has 3 nitrogen and oxygen atoms in total. The van der Waals surface area contributed by atoms with E-state index >= 15 is 0 Å². The second-order valence-electron chi connectivity index (χ2n) is 4.19. The van der Waals surface area contributed by atoms with Crippen LogP contribution in [0.1, 0.15) is 37.7 Å². The Bertz CT molecular complexity index is 401. The van der Waals surface area contributed by atoms with Crippen molar-refractivity contribution in [1.82, 2.24) is 0 Å². The third-order valence-corrected chi connectivity index (χ3v) is 3.04. The maximum Gasteiger partial charge on any atom is 0.224 e. The minimum absolute atomic E-state index is 0.110. The molecule has 1 N–H and O–H groups in total. The minimum Gasteiger partial charge on any atom is -0.497 e. The van der Waals surface area contributed by atoms with E-state index in [4.69, 9.17) is 4.74 Å². The summed E-state index contributed by atoms with van der Waals surface area (Å²) in [7, 11) is 1.63. The van der Waals surface area contributed by atoms with Crippen molar-refractivity contribution in [3.8, 4) is 5.75 Å². The Hall–Kier alpha value is -1.51. The number of hydrogen-bond donors (Lipinski definition) is 1. The summed E-state index contributed by atoms with van der Waals surface area (Å²) in [5, 5.41) is 2.90. The largest absolute Gasteiger partial charge is 0.497 e. The van der Waals surface area contributed by atoms with Gasteiger partial charge in [0.15, 0.2) is 0 Å². The van der Waals surface area contributed by atoms with E-state index in [1.165, 1.54) is 5.56 Å². The Labute approximate surface area is 95.8 Å². The normalized spacial score (nSPS) is 18.9. The Morgan fingerprint density at radius 3 is 3.00 bits per heavy atom. The van der Waals surface area contributed by atoms with Crippen LogP contribution in [0.3, 0.4) is 0 Å². The maximum absolute atomic E-state index is 11.6. The molecule has 0 radical (unpaired) electrons. The van der Waals surface area contributed by atoms with Gasteiger partial charge >= 0.3 is 0 Å². The maximum atomic E-state index is 11.6. The number of rotatable bonds is 3. The first-order chi connectivity index (χ1) is 7.74. The zero-order valence-electron chi connectivity index (χ0n) is 9.75. The Balaban J connectivity index is 2.35. The fourth-order valence-electron chi connectivity index (χ4n) is 2.27. The first kappa shape index (κ1) is 11.0. The van der Waals surface area contributed by atoms with Crippen LogP contribution in [-0.4, -0.2) is 13.0 Å². The van der Waals surface area contributed by atoms with Crippen molar-refractivity contribution >= 4 is 11.6 Å². The summed E-state index contributed by atoms with van der Waals surface area (Å²) in [5.41, 5.74) is 2.15. The number of ether oxygens (including phenoxy) is 1. The van der Waals surface area contributed by atoms with E-state index in [9.17, 15) is 4.79 Å². The van der Waals surface area contributed by atoms with Gasteiger partial charge in [-0.2, -0.15) is 0 Å². The third-order valence-electron chi connectivity index (χ3n) is 3.04. The summed E-state index contributed by atoms with van der Waals surface area (Å²) in [4.78, 5) is 11.6. The van der Waals surface area contributed by atoms with Crippen molar-refractivity contribution in [2.75, 3.05) is 12.4 Å². The molecule has 0 aromatic heterocycles. The van der Waals surface area contributed by atoms with Crippen LogP contribution in [0.2, 0.25) is 0 Å². The Kier molecular flexibility index (Phi) is 3.13. The van der Waals surface area contributed by atoms with Crippen LogP contribution in [-0.2, 0) is 4.79 Å². The lowest BCUT2D eigenvalue weighted by molar-refractivity contribution is -0.116. The standard InChI is InChI=1S/C13H17NO2/c1-3-4-9-7-13(15)14-12-8-10(16-2)5-6-11(9)12/h5-6,8-9H,3-4,7H2,1-2H3,(H,14,15). The number of methoxy groups -OCH3 is 1. The summed E-state index contributed by atoms with van der Waals surface area (Å²) >= 11 is 0. The number of anilines is 1. The molecule has 3 heteroatoms. The SMILES string of the molecule is CCCC1CC(=O)Nc2cc(OC)ccc21. The second kappa shape index (κ2) is 4.56. The molecule has 1 heterocycles. The highest BCUT2D eigenvalue weighted by Crippen LogP contribution is 2.36. The molecule has 1 aromatic rings. The highest BCUT2D eigenvalue weighted by atomic mass is 16.5.